The second kappa shape index (κ2) is 8.61. The first kappa shape index (κ1) is 19.6. The summed E-state index contributed by atoms with van der Waals surface area (Å²) in [7, 11) is -3.63. The molecule has 0 bridgehead atoms. The van der Waals surface area contributed by atoms with Crippen LogP contribution in [0.4, 0.5) is 5.69 Å². The normalized spacial score (nSPS) is 18.3. The maximum atomic E-state index is 12.5. The number of carbonyl (C=O) groups is 1. The second-order valence-corrected chi connectivity index (χ2v) is 7.85. The van der Waals surface area contributed by atoms with Crippen LogP contribution in [0, 0.1) is 6.92 Å². The van der Waals surface area contributed by atoms with E-state index in [2.05, 4.69) is 10.0 Å². The lowest BCUT2D eigenvalue weighted by Gasteiger charge is -2.35. The van der Waals surface area contributed by atoms with Crippen LogP contribution in [0.2, 0.25) is 0 Å². The summed E-state index contributed by atoms with van der Waals surface area (Å²) < 4.78 is 27.5. The predicted octanol–water partition coefficient (Wildman–Crippen LogP) is 0.00452. The molecule has 8 nitrogen and oxygen atoms in total. The Bertz CT molecular complexity index is 708. The van der Waals surface area contributed by atoms with Gasteiger partial charge in [-0.3, -0.25) is 4.79 Å². The van der Waals surface area contributed by atoms with E-state index in [9.17, 15) is 18.3 Å². The molecule has 0 radical (unpaired) electrons. The quantitative estimate of drug-likeness (QED) is 0.478. The number of unbranched alkanes of at least 4 members (excludes halogenated alkanes) is 2. The first-order chi connectivity index (χ1) is 11.8. The number of aliphatic hydroxyl groups is 1. The minimum absolute atomic E-state index is 0.135. The maximum absolute atomic E-state index is 12.5. The van der Waals surface area contributed by atoms with E-state index in [0.29, 0.717) is 25.3 Å². The van der Waals surface area contributed by atoms with Crippen molar-refractivity contribution in [2.75, 3.05) is 24.5 Å². The van der Waals surface area contributed by atoms with Crippen LogP contribution in [0.1, 0.15) is 31.2 Å². The average Bonchev–Trinajstić information content (AvgIpc) is 2.55. The fraction of sp³-hybridized carbons (Fsp3) is 0.562. The SMILES string of the molecule is Cc1ccc(S(=O)(=O)NCCCCCN)cc1N1CCC(=O)NC1O. The van der Waals surface area contributed by atoms with Crippen LogP contribution in [0.3, 0.4) is 0 Å². The number of aryl methyl sites for hydroxylation is 1. The zero-order valence-electron chi connectivity index (χ0n) is 14.4. The van der Waals surface area contributed by atoms with Crippen molar-refractivity contribution in [3.8, 4) is 0 Å². The highest BCUT2D eigenvalue weighted by molar-refractivity contribution is 7.89. The van der Waals surface area contributed by atoms with Gasteiger partial charge in [0.25, 0.3) is 0 Å². The van der Waals surface area contributed by atoms with Gasteiger partial charge in [0.15, 0.2) is 0 Å². The van der Waals surface area contributed by atoms with E-state index in [1.54, 1.807) is 11.0 Å². The third-order valence-electron chi connectivity index (χ3n) is 4.14. The summed E-state index contributed by atoms with van der Waals surface area (Å²) in [4.78, 5) is 13.1. The van der Waals surface area contributed by atoms with Crippen LogP contribution in [-0.4, -0.2) is 45.4 Å². The lowest BCUT2D eigenvalue weighted by Crippen LogP contribution is -2.54. The molecule has 1 aromatic rings. The van der Waals surface area contributed by atoms with Crippen LogP contribution in [0.25, 0.3) is 0 Å². The molecule has 1 aliphatic heterocycles. The van der Waals surface area contributed by atoms with Gasteiger partial charge in [-0.15, -0.1) is 0 Å². The summed E-state index contributed by atoms with van der Waals surface area (Å²) in [6, 6.07) is 4.76. The standard InChI is InChI=1S/C16H26N4O4S/c1-12-5-6-13(25(23,24)18-9-4-2-3-8-17)11-14(12)20-10-7-15(21)19-16(20)22/h5-6,11,16,18,22H,2-4,7-10,17H2,1H3,(H,19,21). The van der Waals surface area contributed by atoms with Gasteiger partial charge in [-0.05, 0) is 44.0 Å². The van der Waals surface area contributed by atoms with E-state index in [0.717, 1.165) is 24.8 Å². The fourth-order valence-corrected chi connectivity index (χ4v) is 3.79. The van der Waals surface area contributed by atoms with Crippen molar-refractivity contribution in [2.45, 2.75) is 43.9 Å². The Morgan fingerprint density at radius 1 is 1.36 bits per heavy atom. The highest BCUT2D eigenvalue weighted by Crippen LogP contribution is 2.26. The van der Waals surface area contributed by atoms with E-state index in [4.69, 9.17) is 5.73 Å². The number of anilines is 1. The largest absolute Gasteiger partial charge is 0.356 e. The summed E-state index contributed by atoms with van der Waals surface area (Å²) in [5, 5.41) is 12.5. The number of carbonyl (C=O) groups excluding carboxylic acids is 1. The van der Waals surface area contributed by atoms with Crippen molar-refractivity contribution in [1.29, 1.82) is 0 Å². The third kappa shape index (κ3) is 5.15. The molecule has 0 spiro atoms. The summed E-state index contributed by atoms with van der Waals surface area (Å²) in [6.07, 6.45) is 1.55. The summed E-state index contributed by atoms with van der Waals surface area (Å²) >= 11 is 0. The lowest BCUT2D eigenvalue weighted by atomic mass is 10.1. The molecular weight excluding hydrogens is 344 g/mol. The van der Waals surface area contributed by atoms with Gasteiger partial charge in [-0.2, -0.15) is 0 Å². The molecule has 0 saturated carbocycles. The van der Waals surface area contributed by atoms with Crippen LogP contribution in [0.5, 0.6) is 0 Å². The number of rotatable bonds is 8. The highest BCUT2D eigenvalue weighted by atomic mass is 32.2. The van der Waals surface area contributed by atoms with Gasteiger partial charge in [-0.25, -0.2) is 13.1 Å². The molecule has 2 rings (SSSR count). The Hall–Kier alpha value is -1.68. The van der Waals surface area contributed by atoms with Gasteiger partial charge in [0, 0.05) is 25.2 Å². The van der Waals surface area contributed by atoms with Crippen molar-refractivity contribution >= 4 is 21.6 Å². The third-order valence-corrected chi connectivity index (χ3v) is 5.60. The van der Waals surface area contributed by atoms with E-state index in [1.165, 1.54) is 12.1 Å². The molecular formula is C16H26N4O4S. The smallest absolute Gasteiger partial charge is 0.240 e. The Morgan fingerprint density at radius 3 is 2.80 bits per heavy atom. The molecule has 25 heavy (non-hydrogen) atoms. The Balaban J connectivity index is 2.13. The first-order valence-corrected chi connectivity index (χ1v) is 9.88. The molecule has 1 unspecified atom stereocenters. The molecule has 0 aliphatic carbocycles. The summed E-state index contributed by atoms with van der Waals surface area (Å²) in [5.74, 6) is -0.232. The fourth-order valence-electron chi connectivity index (χ4n) is 2.69. The number of aliphatic hydroxyl groups excluding tert-OH is 1. The zero-order chi connectivity index (χ0) is 18.4. The van der Waals surface area contributed by atoms with E-state index < -0.39 is 16.4 Å². The van der Waals surface area contributed by atoms with E-state index >= 15 is 0 Å². The van der Waals surface area contributed by atoms with Gasteiger partial charge in [0.2, 0.25) is 22.3 Å². The van der Waals surface area contributed by atoms with Gasteiger partial charge in [-0.1, -0.05) is 12.5 Å². The molecule has 0 aromatic heterocycles. The van der Waals surface area contributed by atoms with Gasteiger partial charge < -0.3 is 21.1 Å². The molecule has 1 aliphatic rings. The van der Waals surface area contributed by atoms with Crippen molar-refractivity contribution in [3.63, 3.8) is 0 Å². The monoisotopic (exact) mass is 370 g/mol. The number of nitrogens with one attached hydrogen (secondary N) is 2. The number of amides is 1. The first-order valence-electron chi connectivity index (χ1n) is 8.39. The van der Waals surface area contributed by atoms with Crippen LogP contribution in [0.15, 0.2) is 23.1 Å². The van der Waals surface area contributed by atoms with E-state index in [1.807, 2.05) is 6.92 Å². The Morgan fingerprint density at radius 2 is 2.12 bits per heavy atom. The molecule has 1 atom stereocenters. The molecule has 1 amide bonds. The Kier molecular flexibility index (Phi) is 6.77. The molecule has 140 valence electrons. The number of nitrogens with two attached hydrogens (primary N) is 1. The minimum atomic E-state index is -3.63. The molecule has 1 aromatic carbocycles. The Labute approximate surface area is 148 Å². The van der Waals surface area contributed by atoms with Crippen LogP contribution >= 0.6 is 0 Å². The number of nitrogens with zero attached hydrogens (tertiary/aromatic N) is 1. The molecule has 9 heteroatoms. The van der Waals surface area contributed by atoms with Crippen molar-refractivity contribution < 1.29 is 18.3 Å². The van der Waals surface area contributed by atoms with Crippen molar-refractivity contribution in [2.24, 2.45) is 5.73 Å². The maximum Gasteiger partial charge on any atom is 0.240 e. The van der Waals surface area contributed by atoms with Crippen molar-refractivity contribution in [3.05, 3.63) is 23.8 Å². The molecule has 1 fully saturated rings. The van der Waals surface area contributed by atoms with Crippen LogP contribution < -0.4 is 20.7 Å². The number of hydrogen-bond donors (Lipinski definition) is 4. The highest BCUT2D eigenvalue weighted by Gasteiger charge is 2.26. The van der Waals surface area contributed by atoms with Crippen LogP contribution in [-0.2, 0) is 14.8 Å². The zero-order valence-corrected chi connectivity index (χ0v) is 15.2. The summed E-state index contributed by atoms with van der Waals surface area (Å²) in [5.41, 5.74) is 6.82. The second-order valence-electron chi connectivity index (χ2n) is 6.08. The predicted molar refractivity (Wildman–Crippen MR) is 95.4 cm³/mol. The van der Waals surface area contributed by atoms with Gasteiger partial charge in [0.1, 0.15) is 0 Å². The topological polar surface area (TPSA) is 125 Å². The van der Waals surface area contributed by atoms with Crippen molar-refractivity contribution in [1.82, 2.24) is 10.0 Å². The van der Waals surface area contributed by atoms with Gasteiger partial charge in [0.05, 0.1) is 4.90 Å². The van der Waals surface area contributed by atoms with E-state index in [-0.39, 0.29) is 17.2 Å². The number of benzene rings is 1. The minimum Gasteiger partial charge on any atom is -0.356 e. The average molecular weight is 370 g/mol. The lowest BCUT2D eigenvalue weighted by molar-refractivity contribution is -0.125. The number of sulfonamides is 1. The molecule has 1 heterocycles. The number of hydrogen-bond acceptors (Lipinski definition) is 6. The summed E-state index contributed by atoms with van der Waals surface area (Å²) in [6.45, 7) is 3.11. The van der Waals surface area contributed by atoms with Gasteiger partial charge >= 0.3 is 0 Å². The molecule has 1 saturated heterocycles. The molecule has 5 N–H and O–H groups in total.